The van der Waals surface area contributed by atoms with Crippen LogP contribution in [0.2, 0.25) is 0 Å². The van der Waals surface area contributed by atoms with E-state index in [1.165, 1.54) is 0 Å². The van der Waals surface area contributed by atoms with Gasteiger partial charge in [-0.3, -0.25) is 4.79 Å². The summed E-state index contributed by atoms with van der Waals surface area (Å²) < 4.78 is 16.9. The minimum absolute atomic E-state index is 0.0887. The number of hydrogen-bond donors (Lipinski definition) is 0. The molecule has 1 aliphatic carbocycles. The molecule has 0 unspecified atom stereocenters. The Morgan fingerprint density at radius 2 is 1.87 bits per heavy atom. The van der Waals surface area contributed by atoms with E-state index in [1.54, 1.807) is 0 Å². The van der Waals surface area contributed by atoms with Gasteiger partial charge in [0.1, 0.15) is 0 Å². The molecule has 2 saturated heterocycles. The Morgan fingerprint density at radius 1 is 1.20 bits per heavy atom. The van der Waals surface area contributed by atoms with Crippen molar-refractivity contribution in [2.24, 2.45) is 11.8 Å². The van der Waals surface area contributed by atoms with Gasteiger partial charge in [0.25, 0.3) is 0 Å². The van der Waals surface area contributed by atoms with Gasteiger partial charge < -0.3 is 14.2 Å². The van der Waals surface area contributed by atoms with Crippen LogP contribution < -0.4 is 0 Å². The molecule has 84 valence electrons. The molecular weight excluding hydrogens is 196 g/mol. The normalized spacial score (nSPS) is 47.2. The van der Waals surface area contributed by atoms with Gasteiger partial charge in [0.15, 0.2) is 5.79 Å². The third kappa shape index (κ3) is 1.47. The molecule has 2 bridgehead atoms. The highest BCUT2D eigenvalue weighted by Gasteiger charge is 2.55. The first-order chi connectivity index (χ1) is 7.05. The van der Waals surface area contributed by atoms with Crippen molar-refractivity contribution in [2.45, 2.75) is 44.7 Å². The first kappa shape index (κ1) is 9.60. The fourth-order valence-corrected chi connectivity index (χ4v) is 3.04. The van der Waals surface area contributed by atoms with Crippen LogP contribution >= 0.6 is 0 Å². The van der Waals surface area contributed by atoms with E-state index in [9.17, 15) is 4.79 Å². The smallest absolute Gasteiger partial charge is 0.306 e. The maximum atomic E-state index is 11.3. The van der Waals surface area contributed by atoms with Crippen LogP contribution in [-0.4, -0.2) is 30.6 Å². The molecule has 4 nitrogen and oxygen atoms in total. The summed E-state index contributed by atoms with van der Waals surface area (Å²) in [5.74, 6) is 0.0267. The third-order valence-corrected chi connectivity index (χ3v) is 3.59. The van der Waals surface area contributed by atoms with Gasteiger partial charge >= 0.3 is 5.97 Å². The van der Waals surface area contributed by atoms with E-state index in [1.807, 2.05) is 13.8 Å². The number of fused-ring (bicyclic) bond motifs is 5. The second kappa shape index (κ2) is 2.95. The van der Waals surface area contributed by atoms with E-state index in [0.29, 0.717) is 18.9 Å². The average Bonchev–Trinajstić information content (AvgIpc) is 2.51. The molecule has 3 rings (SSSR count). The number of hydrogen-bond acceptors (Lipinski definition) is 4. The van der Waals surface area contributed by atoms with Crippen molar-refractivity contribution >= 4 is 5.97 Å². The average molecular weight is 212 g/mol. The van der Waals surface area contributed by atoms with E-state index in [0.717, 1.165) is 6.42 Å². The second-order valence-corrected chi connectivity index (χ2v) is 5.21. The van der Waals surface area contributed by atoms with Crippen molar-refractivity contribution in [1.82, 2.24) is 0 Å². The number of cyclic esters (lactones) is 1. The van der Waals surface area contributed by atoms with Gasteiger partial charge in [-0.05, 0) is 26.2 Å². The molecule has 0 amide bonds. The molecule has 0 aromatic rings. The van der Waals surface area contributed by atoms with Crippen molar-refractivity contribution in [3.63, 3.8) is 0 Å². The summed E-state index contributed by atoms with van der Waals surface area (Å²) in [5.41, 5.74) is 0. The Labute approximate surface area is 88.9 Å². The molecule has 0 radical (unpaired) electrons. The lowest BCUT2D eigenvalue weighted by Gasteiger charge is -2.21. The molecule has 2 aliphatic heterocycles. The minimum atomic E-state index is -0.500. The lowest BCUT2D eigenvalue weighted by molar-refractivity contribution is -0.161. The highest BCUT2D eigenvalue weighted by molar-refractivity contribution is 5.70. The second-order valence-electron chi connectivity index (χ2n) is 5.21. The van der Waals surface area contributed by atoms with E-state index >= 15 is 0 Å². The molecule has 3 aliphatic rings. The monoisotopic (exact) mass is 212 g/mol. The Bertz CT molecular complexity index is 299. The maximum absolute atomic E-state index is 11.3. The summed E-state index contributed by atoms with van der Waals surface area (Å²) in [5, 5.41) is 0. The largest absolute Gasteiger partial charge is 0.465 e. The van der Waals surface area contributed by atoms with Gasteiger partial charge in [0.2, 0.25) is 0 Å². The van der Waals surface area contributed by atoms with Crippen molar-refractivity contribution < 1.29 is 19.0 Å². The van der Waals surface area contributed by atoms with E-state index < -0.39 is 5.79 Å². The van der Waals surface area contributed by atoms with Gasteiger partial charge in [0.05, 0.1) is 25.2 Å². The molecule has 2 heterocycles. The number of ether oxygens (including phenoxy) is 3. The van der Waals surface area contributed by atoms with Gasteiger partial charge in [-0.25, -0.2) is 0 Å². The summed E-state index contributed by atoms with van der Waals surface area (Å²) in [6.45, 7) is 4.36. The molecule has 0 spiro atoms. The fourth-order valence-electron chi connectivity index (χ4n) is 3.04. The quantitative estimate of drug-likeness (QED) is 0.564. The fraction of sp³-hybridized carbons (Fsp3) is 0.909. The van der Waals surface area contributed by atoms with Crippen LogP contribution in [0.3, 0.4) is 0 Å². The molecule has 4 atom stereocenters. The maximum Gasteiger partial charge on any atom is 0.306 e. The lowest BCUT2D eigenvalue weighted by Crippen LogP contribution is -2.31. The molecule has 0 aromatic heterocycles. The number of rotatable bonds is 0. The zero-order valence-electron chi connectivity index (χ0n) is 9.06. The first-order valence-electron chi connectivity index (χ1n) is 5.56. The zero-order valence-corrected chi connectivity index (χ0v) is 9.06. The summed E-state index contributed by atoms with van der Waals surface area (Å²) in [6.07, 6.45) is 1.70. The zero-order chi connectivity index (χ0) is 10.6. The summed E-state index contributed by atoms with van der Waals surface area (Å²) in [6, 6.07) is 0. The van der Waals surface area contributed by atoms with Crippen molar-refractivity contribution in [1.29, 1.82) is 0 Å². The van der Waals surface area contributed by atoms with E-state index in [4.69, 9.17) is 14.2 Å². The topological polar surface area (TPSA) is 44.8 Å². The van der Waals surface area contributed by atoms with Crippen LogP contribution in [-0.2, 0) is 19.0 Å². The molecule has 1 saturated carbocycles. The minimum Gasteiger partial charge on any atom is -0.465 e. The van der Waals surface area contributed by atoms with Crippen molar-refractivity contribution in [3.05, 3.63) is 0 Å². The first-order valence-corrected chi connectivity index (χ1v) is 5.56. The van der Waals surface area contributed by atoms with E-state index in [-0.39, 0.29) is 24.1 Å². The summed E-state index contributed by atoms with van der Waals surface area (Å²) >= 11 is 0. The van der Waals surface area contributed by atoms with Crippen LogP contribution in [0, 0.1) is 11.8 Å². The highest BCUT2D eigenvalue weighted by atomic mass is 16.8. The van der Waals surface area contributed by atoms with E-state index in [2.05, 4.69) is 0 Å². The van der Waals surface area contributed by atoms with Crippen molar-refractivity contribution in [2.75, 3.05) is 6.61 Å². The Hall–Kier alpha value is -0.610. The van der Waals surface area contributed by atoms with Crippen LogP contribution in [0.15, 0.2) is 0 Å². The Balaban J connectivity index is 1.85. The predicted octanol–water partition coefficient (Wildman–Crippen LogP) is 1.09. The van der Waals surface area contributed by atoms with Gasteiger partial charge in [0, 0.05) is 5.92 Å². The standard InChI is InChI=1S/C11H16O4/c1-11(2)14-9-6-3-7(10(9)15-11)5-13-8(12)4-6/h6-7,9-10H,3-5H2,1-2H3/t6-,7+,9-,10+/m1/s1. The number of esters is 1. The Morgan fingerprint density at radius 3 is 2.60 bits per heavy atom. The number of carbonyl (C=O) groups is 1. The molecular formula is C11H16O4. The predicted molar refractivity (Wildman–Crippen MR) is 51.0 cm³/mol. The molecule has 15 heavy (non-hydrogen) atoms. The van der Waals surface area contributed by atoms with Crippen LogP contribution in [0.25, 0.3) is 0 Å². The van der Waals surface area contributed by atoms with Crippen LogP contribution in [0.1, 0.15) is 26.7 Å². The van der Waals surface area contributed by atoms with Gasteiger partial charge in [-0.15, -0.1) is 0 Å². The molecule has 3 fully saturated rings. The number of carbonyl (C=O) groups excluding carboxylic acids is 1. The van der Waals surface area contributed by atoms with Crippen molar-refractivity contribution in [3.8, 4) is 0 Å². The summed E-state index contributed by atoms with van der Waals surface area (Å²) in [7, 11) is 0. The van der Waals surface area contributed by atoms with Gasteiger partial charge in [-0.1, -0.05) is 0 Å². The van der Waals surface area contributed by atoms with Crippen LogP contribution in [0.4, 0.5) is 0 Å². The Kier molecular flexibility index (Phi) is 1.89. The molecule has 4 heteroatoms. The molecule has 0 N–H and O–H groups in total. The van der Waals surface area contributed by atoms with Gasteiger partial charge in [-0.2, -0.15) is 0 Å². The SMILES string of the molecule is CC1(C)O[C@@H]2[C@H]3CC(=O)OC[C@H](C3)[C@@H]2O1. The summed E-state index contributed by atoms with van der Waals surface area (Å²) in [4.78, 5) is 11.3. The highest BCUT2D eigenvalue weighted by Crippen LogP contribution is 2.47. The van der Waals surface area contributed by atoms with Crippen LogP contribution in [0.5, 0.6) is 0 Å². The lowest BCUT2D eigenvalue weighted by atomic mass is 10.0. The third-order valence-electron chi connectivity index (χ3n) is 3.59. The molecule has 0 aromatic carbocycles.